The maximum Gasteiger partial charge on any atom is 0.315 e. The molecular weight excluding hydrogens is 336 g/mol. The fourth-order valence-corrected chi connectivity index (χ4v) is 3.18. The van der Waals surface area contributed by atoms with Gasteiger partial charge in [0.25, 0.3) is 0 Å². The molecule has 0 unspecified atom stereocenters. The number of halogens is 1. The van der Waals surface area contributed by atoms with Gasteiger partial charge in [0, 0.05) is 10.6 Å². The molecule has 1 aliphatic rings. The molecule has 25 heavy (non-hydrogen) atoms. The smallest absolute Gasteiger partial charge is 0.315 e. The van der Waals surface area contributed by atoms with Gasteiger partial charge in [-0.15, -0.1) is 0 Å². The minimum Gasteiger partial charge on any atom is -0.496 e. The Hall–Kier alpha value is -2.20. The van der Waals surface area contributed by atoms with Crippen LogP contribution in [0.1, 0.15) is 43.0 Å². The van der Waals surface area contributed by atoms with Gasteiger partial charge in [-0.2, -0.15) is 0 Å². The molecule has 1 saturated carbocycles. The minimum absolute atomic E-state index is 0.0159. The Kier molecular flexibility index (Phi) is 5.49. The highest BCUT2D eigenvalue weighted by atomic mass is 35.5. The summed E-state index contributed by atoms with van der Waals surface area (Å²) in [6, 6.07) is 15.1. The van der Waals surface area contributed by atoms with Crippen LogP contribution in [0, 0.1) is 5.92 Å². The standard InChI is InChI=1S/C20H23ClN2O2/c1-13(17-5-3-4-6-18(17)25-2)22-20(24)23-19(14-7-8-14)15-9-11-16(21)12-10-15/h3-6,9-14,19H,7-8H2,1-2H3,(H2,22,23,24)/t13-,19+/m1/s1. The third-order valence-corrected chi connectivity index (χ3v) is 4.81. The van der Waals surface area contributed by atoms with E-state index in [4.69, 9.17) is 16.3 Å². The van der Waals surface area contributed by atoms with Gasteiger partial charge in [0.15, 0.2) is 0 Å². The molecule has 1 aliphatic carbocycles. The van der Waals surface area contributed by atoms with Crippen LogP contribution in [0.5, 0.6) is 5.75 Å². The third kappa shape index (κ3) is 4.45. The first-order chi connectivity index (χ1) is 12.1. The summed E-state index contributed by atoms with van der Waals surface area (Å²) in [5, 5.41) is 6.83. The second kappa shape index (κ2) is 7.79. The van der Waals surface area contributed by atoms with Gasteiger partial charge in [-0.3, -0.25) is 0 Å². The number of rotatable bonds is 6. The number of methoxy groups -OCH3 is 1. The van der Waals surface area contributed by atoms with Crippen molar-refractivity contribution in [1.29, 1.82) is 0 Å². The summed E-state index contributed by atoms with van der Waals surface area (Å²) in [5.41, 5.74) is 2.04. The first kappa shape index (κ1) is 17.6. The first-order valence-electron chi connectivity index (χ1n) is 8.54. The molecule has 2 amide bonds. The van der Waals surface area contributed by atoms with Crippen LogP contribution in [-0.4, -0.2) is 13.1 Å². The Balaban J connectivity index is 1.67. The molecule has 2 aromatic carbocycles. The number of amides is 2. The van der Waals surface area contributed by atoms with E-state index in [0.29, 0.717) is 10.9 Å². The molecule has 3 rings (SSSR count). The van der Waals surface area contributed by atoms with Crippen LogP contribution in [0.3, 0.4) is 0 Å². The van der Waals surface area contributed by atoms with E-state index in [1.54, 1.807) is 7.11 Å². The largest absolute Gasteiger partial charge is 0.496 e. The summed E-state index contributed by atoms with van der Waals surface area (Å²) in [6.07, 6.45) is 2.27. The summed E-state index contributed by atoms with van der Waals surface area (Å²) in [4.78, 5) is 12.5. The summed E-state index contributed by atoms with van der Waals surface area (Å²) >= 11 is 5.97. The molecule has 0 aliphatic heterocycles. The molecule has 4 nitrogen and oxygen atoms in total. The van der Waals surface area contributed by atoms with Gasteiger partial charge >= 0.3 is 6.03 Å². The lowest BCUT2D eigenvalue weighted by Gasteiger charge is -2.22. The molecule has 2 aromatic rings. The van der Waals surface area contributed by atoms with Gasteiger partial charge in [-0.1, -0.05) is 41.9 Å². The molecule has 1 fully saturated rings. The van der Waals surface area contributed by atoms with Crippen molar-refractivity contribution in [3.63, 3.8) is 0 Å². The number of nitrogens with one attached hydrogen (secondary N) is 2. The quantitative estimate of drug-likeness (QED) is 0.774. The van der Waals surface area contributed by atoms with E-state index in [0.717, 1.165) is 29.7 Å². The zero-order chi connectivity index (χ0) is 17.8. The van der Waals surface area contributed by atoms with E-state index in [2.05, 4.69) is 10.6 Å². The first-order valence-corrected chi connectivity index (χ1v) is 8.91. The van der Waals surface area contributed by atoms with Gasteiger partial charge in [0.05, 0.1) is 19.2 Å². The van der Waals surface area contributed by atoms with Crippen LogP contribution >= 0.6 is 11.6 Å². The molecule has 0 bridgehead atoms. The van der Waals surface area contributed by atoms with Gasteiger partial charge < -0.3 is 15.4 Å². The summed E-state index contributed by atoms with van der Waals surface area (Å²) < 4.78 is 5.37. The molecule has 5 heteroatoms. The van der Waals surface area contributed by atoms with E-state index in [1.165, 1.54) is 0 Å². The topological polar surface area (TPSA) is 50.4 Å². The molecule has 0 saturated heterocycles. The number of hydrogen-bond acceptors (Lipinski definition) is 2. The molecule has 2 N–H and O–H groups in total. The summed E-state index contributed by atoms with van der Waals surface area (Å²) in [6.45, 7) is 1.95. The van der Waals surface area contributed by atoms with Crippen LogP contribution in [0.2, 0.25) is 5.02 Å². The maximum absolute atomic E-state index is 12.5. The molecule has 0 radical (unpaired) electrons. The predicted octanol–water partition coefficient (Wildman–Crippen LogP) is 4.86. The Morgan fingerprint density at radius 1 is 1.12 bits per heavy atom. The van der Waals surface area contributed by atoms with Crippen molar-refractivity contribution in [3.05, 3.63) is 64.7 Å². The minimum atomic E-state index is -0.176. The molecule has 2 atom stereocenters. The Labute approximate surface area is 153 Å². The van der Waals surface area contributed by atoms with Crippen molar-refractivity contribution >= 4 is 17.6 Å². The Bertz CT molecular complexity index is 729. The Morgan fingerprint density at radius 2 is 1.80 bits per heavy atom. The van der Waals surface area contributed by atoms with Crippen LogP contribution in [-0.2, 0) is 0 Å². The monoisotopic (exact) mass is 358 g/mol. The zero-order valence-corrected chi connectivity index (χ0v) is 15.2. The van der Waals surface area contributed by atoms with Crippen molar-refractivity contribution in [2.24, 2.45) is 5.92 Å². The van der Waals surface area contributed by atoms with Crippen LogP contribution < -0.4 is 15.4 Å². The number of benzene rings is 2. The van der Waals surface area contributed by atoms with Crippen LogP contribution in [0.15, 0.2) is 48.5 Å². The number of carbonyl (C=O) groups is 1. The molecule has 0 aromatic heterocycles. The average molecular weight is 359 g/mol. The number of hydrogen-bond donors (Lipinski definition) is 2. The lowest BCUT2D eigenvalue weighted by atomic mass is 10.0. The molecule has 0 heterocycles. The summed E-state index contributed by atoms with van der Waals surface area (Å²) in [7, 11) is 1.63. The number of urea groups is 1. The lowest BCUT2D eigenvalue weighted by molar-refractivity contribution is 0.232. The van der Waals surface area contributed by atoms with Gasteiger partial charge in [-0.05, 0) is 49.4 Å². The number of ether oxygens (including phenoxy) is 1. The van der Waals surface area contributed by atoms with E-state index in [-0.39, 0.29) is 18.1 Å². The maximum atomic E-state index is 12.5. The number of carbonyl (C=O) groups excluding carboxylic acids is 1. The Morgan fingerprint density at radius 3 is 2.44 bits per heavy atom. The molecular formula is C20H23ClN2O2. The van der Waals surface area contributed by atoms with Crippen molar-refractivity contribution in [3.8, 4) is 5.75 Å². The van der Waals surface area contributed by atoms with Crippen molar-refractivity contribution in [1.82, 2.24) is 10.6 Å². The SMILES string of the molecule is COc1ccccc1[C@@H](C)NC(=O)N[C@H](c1ccc(Cl)cc1)C1CC1. The highest BCUT2D eigenvalue weighted by molar-refractivity contribution is 6.30. The van der Waals surface area contributed by atoms with Crippen molar-refractivity contribution < 1.29 is 9.53 Å². The highest BCUT2D eigenvalue weighted by Crippen LogP contribution is 2.41. The third-order valence-electron chi connectivity index (χ3n) is 4.56. The van der Waals surface area contributed by atoms with Crippen LogP contribution in [0.25, 0.3) is 0 Å². The van der Waals surface area contributed by atoms with E-state index in [9.17, 15) is 4.79 Å². The second-order valence-corrected chi connectivity index (χ2v) is 6.88. The van der Waals surface area contributed by atoms with Crippen LogP contribution in [0.4, 0.5) is 4.79 Å². The highest BCUT2D eigenvalue weighted by Gasteiger charge is 2.33. The van der Waals surface area contributed by atoms with Gasteiger partial charge in [-0.25, -0.2) is 4.79 Å². The lowest BCUT2D eigenvalue weighted by Crippen LogP contribution is -2.40. The summed E-state index contributed by atoms with van der Waals surface area (Å²) in [5.74, 6) is 1.26. The average Bonchev–Trinajstić information content (AvgIpc) is 3.45. The van der Waals surface area contributed by atoms with E-state index < -0.39 is 0 Å². The fourth-order valence-electron chi connectivity index (χ4n) is 3.05. The van der Waals surface area contributed by atoms with E-state index in [1.807, 2.05) is 55.5 Å². The molecule has 132 valence electrons. The second-order valence-electron chi connectivity index (χ2n) is 6.45. The fraction of sp³-hybridized carbons (Fsp3) is 0.350. The van der Waals surface area contributed by atoms with Gasteiger partial charge in [0.2, 0.25) is 0 Å². The predicted molar refractivity (Wildman–Crippen MR) is 100.0 cm³/mol. The van der Waals surface area contributed by atoms with E-state index >= 15 is 0 Å². The number of para-hydroxylation sites is 1. The van der Waals surface area contributed by atoms with Gasteiger partial charge in [0.1, 0.15) is 5.75 Å². The van der Waals surface area contributed by atoms with Crippen molar-refractivity contribution in [2.75, 3.05) is 7.11 Å². The normalized spacial score (nSPS) is 16.0. The van der Waals surface area contributed by atoms with Crippen molar-refractivity contribution in [2.45, 2.75) is 31.8 Å². The zero-order valence-electron chi connectivity index (χ0n) is 14.5. The molecule has 0 spiro atoms.